The number of aliphatic hydroxyl groups excluding tert-OH is 1. The molecule has 40 heavy (non-hydrogen) atoms. The van der Waals surface area contributed by atoms with Crippen LogP contribution in [0, 0.1) is 12.8 Å². The molecule has 1 amide bonds. The summed E-state index contributed by atoms with van der Waals surface area (Å²) in [6.07, 6.45) is -0.0628. The molecule has 0 spiro atoms. The summed E-state index contributed by atoms with van der Waals surface area (Å²) in [6, 6.07) is 18.6. The zero-order valence-corrected chi connectivity index (χ0v) is 23.9. The molecule has 0 radical (unpaired) electrons. The van der Waals surface area contributed by atoms with Crippen molar-refractivity contribution < 1.29 is 28.9 Å². The Kier molecular flexibility index (Phi) is 8.83. The van der Waals surface area contributed by atoms with Crippen LogP contribution in [0.5, 0.6) is 17.2 Å². The summed E-state index contributed by atoms with van der Waals surface area (Å²) in [6.45, 7) is 12.8. The highest BCUT2D eigenvalue weighted by Gasteiger charge is 2.47. The fourth-order valence-electron chi connectivity index (χ4n) is 4.68. The lowest BCUT2D eigenvalue weighted by Gasteiger charge is -2.26. The molecule has 1 atom stereocenters. The van der Waals surface area contributed by atoms with Gasteiger partial charge in [0.25, 0.3) is 11.7 Å². The van der Waals surface area contributed by atoms with E-state index >= 15 is 0 Å². The summed E-state index contributed by atoms with van der Waals surface area (Å²) in [4.78, 5) is 28.5. The minimum atomic E-state index is -0.870. The number of nitrogens with zero attached hydrogens (tertiary/aromatic N) is 1. The lowest BCUT2D eigenvalue weighted by atomic mass is 9.94. The number of aryl methyl sites for hydroxylation is 1. The summed E-state index contributed by atoms with van der Waals surface area (Å²) in [5.74, 6) is 0.597. The highest BCUT2D eigenvalue weighted by molar-refractivity contribution is 6.51. The highest BCUT2D eigenvalue weighted by Crippen LogP contribution is 2.43. The van der Waals surface area contributed by atoms with Gasteiger partial charge in [-0.25, -0.2) is 0 Å². The number of aliphatic hydroxyl groups is 1. The molecule has 1 saturated heterocycles. The van der Waals surface area contributed by atoms with Gasteiger partial charge in [-0.05, 0) is 99.3 Å². The first kappa shape index (κ1) is 28.7. The number of carbonyl (C=O) groups excluding carboxylic acids is 2. The van der Waals surface area contributed by atoms with Gasteiger partial charge in [-0.15, -0.1) is 0 Å². The number of benzene rings is 3. The second kappa shape index (κ2) is 12.3. The number of ketones is 1. The smallest absolute Gasteiger partial charge is 0.300 e. The number of hydrogen-bond donors (Lipinski definition) is 1. The predicted octanol–water partition coefficient (Wildman–Crippen LogP) is 6.84. The molecule has 3 aromatic carbocycles. The van der Waals surface area contributed by atoms with E-state index in [1.165, 1.54) is 4.90 Å². The van der Waals surface area contributed by atoms with Gasteiger partial charge in [0, 0.05) is 11.3 Å². The minimum absolute atomic E-state index is 0.0100. The summed E-state index contributed by atoms with van der Waals surface area (Å²) in [5.41, 5.74) is 2.41. The predicted molar refractivity (Wildman–Crippen MR) is 156 cm³/mol. The average molecular weight is 544 g/mol. The number of hydrogen-bond acceptors (Lipinski definition) is 6. The first-order valence-corrected chi connectivity index (χ1v) is 13.6. The number of carbonyl (C=O) groups is 2. The standard InChI is InChI=1S/C33H37NO6/c1-7-38-26-14-12-25(13-15-26)34-30(23-9-8-10-27(18-23)40-21(4)5)29(32(36)33(34)37)31(35)24-11-16-28(22(6)17-24)39-19-20(2)3/h8-18,20-21,30,35H,7,19H2,1-6H3/b31-29+. The third-order valence-corrected chi connectivity index (χ3v) is 6.44. The van der Waals surface area contributed by atoms with E-state index < -0.39 is 17.7 Å². The van der Waals surface area contributed by atoms with Crippen LogP contribution < -0.4 is 19.1 Å². The molecule has 7 nitrogen and oxygen atoms in total. The molecule has 7 heteroatoms. The fourth-order valence-corrected chi connectivity index (χ4v) is 4.68. The second-order valence-corrected chi connectivity index (χ2v) is 10.5. The second-order valence-electron chi connectivity index (χ2n) is 10.5. The van der Waals surface area contributed by atoms with Crippen molar-refractivity contribution in [3.63, 3.8) is 0 Å². The van der Waals surface area contributed by atoms with E-state index in [4.69, 9.17) is 14.2 Å². The van der Waals surface area contributed by atoms with Gasteiger partial charge in [0.05, 0.1) is 30.9 Å². The number of rotatable bonds is 10. The summed E-state index contributed by atoms with van der Waals surface area (Å²) in [7, 11) is 0. The summed E-state index contributed by atoms with van der Waals surface area (Å²) in [5, 5.41) is 11.6. The molecule has 1 aliphatic rings. The van der Waals surface area contributed by atoms with Crippen molar-refractivity contribution in [1.29, 1.82) is 0 Å². The monoisotopic (exact) mass is 543 g/mol. The van der Waals surface area contributed by atoms with Gasteiger partial charge < -0.3 is 19.3 Å². The fraction of sp³-hybridized carbons (Fsp3) is 0.333. The van der Waals surface area contributed by atoms with Crippen LogP contribution >= 0.6 is 0 Å². The van der Waals surface area contributed by atoms with Gasteiger partial charge in [-0.3, -0.25) is 14.5 Å². The van der Waals surface area contributed by atoms with Crippen molar-refractivity contribution in [3.8, 4) is 17.2 Å². The van der Waals surface area contributed by atoms with Crippen LogP contribution in [0.25, 0.3) is 5.76 Å². The van der Waals surface area contributed by atoms with Gasteiger partial charge in [0.2, 0.25) is 0 Å². The normalized spacial score (nSPS) is 16.6. The van der Waals surface area contributed by atoms with E-state index in [1.54, 1.807) is 48.5 Å². The molecule has 0 aliphatic carbocycles. The Hall–Kier alpha value is -4.26. The van der Waals surface area contributed by atoms with Crippen LogP contribution in [0.4, 0.5) is 5.69 Å². The van der Waals surface area contributed by atoms with Gasteiger partial charge in [0.1, 0.15) is 23.0 Å². The zero-order valence-electron chi connectivity index (χ0n) is 23.9. The Morgan fingerprint density at radius 2 is 1.65 bits per heavy atom. The van der Waals surface area contributed by atoms with Crippen LogP contribution in [0.3, 0.4) is 0 Å². The summed E-state index contributed by atoms with van der Waals surface area (Å²) < 4.78 is 17.3. The maximum absolute atomic E-state index is 13.6. The molecule has 0 saturated carbocycles. The van der Waals surface area contributed by atoms with Crippen molar-refractivity contribution in [1.82, 2.24) is 0 Å². The maximum Gasteiger partial charge on any atom is 0.300 e. The Morgan fingerprint density at radius 1 is 0.925 bits per heavy atom. The van der Waals surface area contributed by atoms with Crippen molar-refractivity contribution in [2.45, 2.75) is 53.7 Å². The van der Waals surface area contributed by atoms with Gasteiger partial charge >= 0.3 is 0 Å². The van der Waals surface area contributed by atoms with Gasteiger partial charge in [-0.2, -0.15) is 0 Å². The van der Waals surface area contributed by atoms with Crippen LogP contribution in [-0.2, 0) is 9.59 Å². The molecule has 0 bridgehead atoms. The molecular formula is C33H37NO6. The topological polar surface area (TPSA) is 85.3 Å². The molecule has 1 fully saturated rings. The lowest BCUT2D eigenvalue weighted by Crippen LogP contribution is -2.29. The van der Waals surface area contributed by atoms with E-state index in [-0.39, 0.29) is 17.4 Å². The lowest BCUT2D eigenvalue weighted by molar-refractivity contribution is -0.132. The molecule has 1 heterocycles. The van der Waals surface area contributed by atoms with E-state index in [0.29, 0.717) is 53.2 Å². The number of anilines is 1. The quantitative estimate of drug-likeness (QED) is 0.171. The van der Waals surface area contributed by atoms with Crippen LogP contribution in [0.2, 0.25) is 0 Å². The third-order valence-electron chi connectivity index (χ3n) is 6.44. The Balaban J connectivity index is 1.84. The van der Waals surface area contributed by atoms with Crippen LogP contribution in [-0.4, -0.2) is 36.1 Å². The van der Waals surface area contributed by atoms with E-state index in [9.17, 15) is 14.7 Å². The summed E-state index contributed by atoms with van der Waals surface area (Å²) >= 11 is 0. The Bertz CT molecular complexity index is 1410. The molecule has 1 N–H and O–H groups in total. The first-order valence-electron chi connectivity index (χ1n) is 13.6. The van der Waals surface area contributed by atoms with Crippen LogP contribution in [0.15, 0.2) is 72.3 Å². The molecule has 3 aromatic rings. The number of ether oxygens (including phenoxy) is 3. The average Bonchev–Trinajstić information content (AvgIpc) is 3.18. The molecule has 4 rings (SSSR count). The molecule has 1 aliphatic heterocycles. The van der Waals surface area contributed by atoms with Crippen molar-refractivity contribution in [3.05, 3.63) is 89.0 Å². The molecule has 210 valence electrons. The van der Waals surface area contributed by atoms with Gasteiger partial charge in [-0.1, -0.05) is 26.0 Å². The van der Waals surface area contributed by atoms with E-state index in [1.807, 2.05) is 45.9 Å². The molecular weight excluding hydrogens is 506 g/mol. The van der Waals surface area contributed by atoms with E-state index in [2.05, 4.69) is 13.8 Å². The number of Topliss-reactive ketones (excluding diaryl/α,β-unsaturated/α-hetero) is 1. The Labute approximate surface area is 236 Å². The zero-order chi connectivity index (χ0) is 29.0. The largest absolute Gasteiger partial charge is 0.507 e. The first-order chi connectivity index (χ1) is 19.1. The van der Waals surface area contributed by atoms with Crippen LogP contribution in [0.1, 0.15) is 57.4 Å². The van der Waals surface area contributed by atoms with Crippen molar-refractivity contribution in [2.24, 2.45) is 5.92 Å². The van der Waals surface area contributed by atoms with Crippen molar-refractivity contribution in [2.75, 3.05) is 18.1 Å². The SMILES string of the molecule is CCOc1ccc(N2C(=O)C(=O)/C(=C(/O)c3ccc(OCC(C)C)c(C)c3)C2c2cccc(OC(C)C)c2)cc1. The van der Waals surface area contributed by atoms with Crippen molar-refractivity contribution >= 4 is 23.1 Å². The van der Waals surface area contributed by atoms with E-state index in [0.717, 1.165) is 5.56 Å². The molecule has 0 aromatic heterocycles. The number of amides is 1. The molecule has 1 unspecified atom stereocenters. The third kappa shape index (κ3) is 6.14. The Morgan fingerprint density at radius 3 is 2.27 bits per heavy atom. The highest BCUT2D eigenvalue weighted by atomic mass is 16.5. The van der Waals surface area contributed by atoms with Gasteiger partial charge in [0.15, 0.2) is 0 Å². The minimum Gasteiger partial charge on any atom is -0.507 e. The maximum atomic E-state index is 13.6.